The van der Waals surface area contributed by atoms with Crippen molar-refractivity contribution < 1.29 is 4.74 Å². The quantitative estimate of drug-likeness (QED) is 0.843. The van der Waals surface area contributed by atoms with Crippen LogP contribution in [0.25, 0.3) is 0 Å². The average Bonchev–Trinajstić information content (AvgIpc) is 2.94. The van der Waals surface area contributed by atoms with Gasteiger partial charge >= 0.3 is 0 Å². The molecular weight excluding hydrogens is 262 g/mol. The molecule has 114 valence electrons. The predicted octanol–water partition coefficient (Wildman–Crippen LogP) is 3.71. The lowest BCUT2D eigenvalue weighted by Gasteiger charge is -2.18. The van der Waals surface area contributed by atoms with Crippen molar-refractivity contribution in [2.45, 2.75) is 46.4 Å². The number of nitrogens with one attached hydrogen (secondary N) is 1. The maximum Gasteiger partial charge on any atom is 0.130 e. The van der Waals surface area contributed by atoms with Crippen molar-refractivity contribution in [2.75, 3.05) is 6.54 Å². The molecule has 1 unspecified atom stereocenters. The lowest BCUT2D eigenvalue weighted by molar-refractivity contribution is 0.286. The lowest BCUT2D eigenvalue weighted by atomic mass is 10.1. The molecule has 1 heterocycles. The zero-order chi connectivity index (χ0) is 15.2. The Morgan fingerprint density at radius 1 is 1.24 bits per heavy atom. The monoisotopic (exact) mass is 287 g/mol. The number of hydrogen-bond donors (Lipinski definition) is 1. The van der Waals surface area contributed by atoms with E-state index in [9.17, 15) is 0 Å². The van der Waals surface area contributed by atoms with E-state index in [1.807, 2.05) is 24.7 Å². The fraction of sp³-hybridized carbons (Fsp3) is 0.471. The summed E-state index contributed by atoms with van der Waals surface area (Å²) in [5.74, 6) is 0.933. The third-order valence-corrected chi connectivity index (χ3v) is 3.57. The first-order valence-corrected chi connectivity index (χ1v) is 7.59. The molecule has 2 rings (SSSR count). The van der Waals surface area contributed by atoms with E-state index >= 15 is 0 Å². The Kier molecular flexibility index (Phi) is 5.39. The Morgan fingerprint density at radius 2 is 2.00 bits per heavy atom. The van der Waals surface area contributed by atoms with Crippen LogP contribution in [0.15, 0.2) is 36.8 Å². The molecule has 1 atom stereocenters. The highest BCUT2D eigenvalue weighted by atomic mass is 16.5. The first kappa shape index (κ1) is 15.6. The SMILES string of the molecule is CCNC(C)c1ccccc1OCc1cncn1C(C)C. The molecule has 1 aromatic heterocycles. The second kappa shape index (κ2) is 7.27. The Hall–Kier alpha value is -1.81. The van der Waals surface area contributed by atoms with Gasteiger partial charge in [0, 0.05) is 17.6 Å². The van der Waals surface area contributed by atoms with Crippen molar-refractivity contribution in [1.82, 2.24) is 14.9 Å². The fourth-order valence-electron chi connectivity index (χ4n) is 2.45. The zero-order valence-electron chi connectivity index (χ0n) is 13.3. The summed E-state index contributed by atoms with van der Waals surface area (Å²) in [6.45, 7) is 10.0. The molecule has 4 heteroatoms. The summed E-state index contributed by atoms with van der Waals surface area (Å²) in [6, 6.07) is 8.87. The van der Waals surface area contributed by atoms with Crippen LogP contribution in [-0.4, -0.2) is 16.1 Å². The van der Waals surface area contributed by atoms with E-state index in [4.69, 9.17) is 4.74 Å². The van der Waals surface area contributed by atoms with Crippen LogP contribution >= 0.6 is 0 Å². The van der Waals surface area contributed by atoms with Crippen LogP contribution in [0.1, 0.15) is 51.0 Å². The van der Waals surface area contributed by atoms with Crippen molar-refractivity contribution >= 4 is 0 Å². The van der Waals surface area contributed by atoms with Gasteiger partial charge in [0.15, 0.2) is 0 Å². The Balaban J connectivity index is 2.11. The van der Waals surface area contributed by atoms with Crippen LogP contribution in [0.5, 0.6) is 5.75 Å². The van der Waals surface area contributed by atoms with Crippen molar-refractivity contribution in [1.29, 1.82) is 0 Å². The van der Waals surface area contributed by atoms with E-state index in [0.717, 1.165) is 18.0 Å². The first-order valence-electron chi connectivity index (χ1n) is 7.59. The minimum absolute atomic E-state index is 0.279. The van der Waals surface area contributed by atoms with E-state index in [2.05, 4.69) is 54.7 Å². The van der Waals surface area contributed by atoms with Crippen molar-refractivity contribution in [3.8, 4) is 5.75 Å². The summed E-state index contributed by atoms with van der Waals surface area (Å²) >= 11 is 0. The summed E-state index contributed by atoms with van der Waals surface area (Å²) in [4.78, 5) is 4.21. The normalized spacial score (nSPS) is 12.6. The Morgan fingerprint density at radius 3 is 2.71 bits per heavy atom. The summed E-state index contributed by atoms with van der Waals surface area (Å²) in [5.41, 5.74) is 2.28. The van der Waals surface area contributed by atoms with E-state index < -0.39 is 0 Å². The molecule has 1 aromatic carbocycles. The van der Waals surface area contributed by atoms with E-state index in [1.54, 1.807) is 0 Å². The number of nitrogens with zero attached hydrogens (tertiary/aromatic N) is 2. The van der Waals surface area contributed by atoms with Crippen LogP contribution in [0, 0.1) is 0 Å². The van der Waals surface area contributed by atoms with Crippen LogP contribution in [-0.2, 0) is 6.61 Å². The average molecular weight is 287 g/mol. The third kappa shape index (κ3) is 3.85. The molecular formula is C17H25N3O. The molecule has 21 heavy (non-hydrogen) atoms. The first-order chi connectivity index (χ1) is 10.1. The molecule has 2 aromatic rings. The van der Waals surface area contributed by atoms with E-state index in [1.165, 1.54) is 5.56 Å². The molecule has 4 nitrogen and oxygen atoms in total. The van der Waals surface area contributed by atoms with Gasteiger partial charge in [-0.2, -0.15) is 0 Å². The van der Waals surface area contributed by atoms with Crippen LogP contribution in [0.3, 0.4) is 0 Å². The lowest BCUT2D eigenvalue weighted by Crippen LogP contribution is -2.18. The molecule has 0 radical (unpaired) electrons. The molecule has 0 amide bonds. The van der Waals surface area contributed by atoms with Crippen LogP contribution in [0.2, 0.25) is 0 Å². The summed E-state index contributed by atoms with van der Waals surface area (Å²) in [5, 5.41) is 3.43. The molecule has 0 aliphatic carbocycles. The maximum absolute atomic E-state index is 6.04. The van der Waals surface area contributed by atoms with E-state index in [0.29, 0.717) is 12.6 Å². The second-order valence-corrected chi connectivity index (χ2v) is 5.49. The van der Waals surface area contributed by atoms with Crippen LogP contribution in [0.4, 0.5) is 0 Å². The van der Waals surface area contributed by atoms with Crippen LogP contribution < -0.4 is 10.1 Å². The highest BCUT2D eigenvalue weighted by Crippen LogP contribution is 2.25. The van der Waals surface area contributed by atoms with E-state index in [-0.39, 0.29) is 6.04 Å². The Labute approximate surface area is 127 Å². The van der Waals surface area contributed by atoms with Gasteiger partial charge in [-0.15, -0.1) is 0 Å². The Bertz CT molecular complexity index is 563. The summed E-state index contributed by atoms with van der Waals surface area (Å²) < 4.78 is 8.17. The van der Waals surface area contributed by atoms with Gasteiger partial charge in [-0.3, -0.25) is 0 Å². The second-order valence-electron chi connectivity index (χ2n) is 5.49. The fourth-order valence-corrected chi connectivity index (χ4v) is 2.45. The maximum atomic E-state index is 6.04. The van der Waals surface area contributed by atoms with Crippen molar-refractivity contribution in [3.63, 3.8) is 0 Å². The number of rotatable bonds is 7. The minimum atomic E-state index is 0.279. The number of imidazole rings is 1. The predicted molar refractivity (Wildman–Crippen MR) is 85.5 cm³/mol. The largest absolute Gasteiger partial charge is 0.487 e. The standard InChI is InChI=1S/C17H25N3O/c1-5-19-14(4)16-8-6-7-9-17(16)21-11-15-10-18-12-20(15)13(2)3/h6-10,12-14,19H,5,11H2,1-4H3. The highest BCUT2D eigenvalue weighted by Gasteiger charge is 2.11. The summed E-state index contributed by atoms with van der Waals surface area (Å²) in [7, 11) is 0. The molecule has 0 aliphatic rings. The third-order valence-electron chi connectivity index (χ3n) is 3.57. The minimum Gasteiger partial charge on any atom is -0.487 e. The van der Waals surface area contributed by atoms with Gasteiger partial charge in [-0.1, -0.05) is 25.1 Å². The number of hydrogen-bond acceptors (Lipinski definition) is 3. The number of aromatic nitrogens is 2. The van der Waals surface area contributed by atoms with Gasteiger partial charge in [0.2, 0.25) is 0 Å². The van der Waals surface area contributed by atoms with Gasteiger partial charge in [0.25, 0.3) is 0 Å². The topological polar surface area (TPSA) is 39.1 Å². The van der Waals surface area contributed by atoms with Crippen molar-refractivity contribution in [3.05, 3.63) is 48.0 Å². The molecule has 0 saturated heterocycles. The summed E-state index contributed by atoms with van der Waals surface area (Å²) in [6.07, 6.45) is 3.73. The van der Waals surface area contributed by atoms with Crippen molar-refractivity contribution in [2.24, 2.45) is 0 Å². The molecule has 1 N–H and O–H groups in total. The number of benzene rings is 1. The molecule has 0 fully saturated rings. The van der Waals surface area contributed by atoms with Gasteiger partial charge in [0.05, 0.1) is 18.2 Å². The zero-order valence-corrected chi connectivity index (χ0v) is 13.3. The molecule has 0 bridgehead atoms. The van der Waals surface area contributed by atoms with Gasteiger partial charge in [-0.25, -0.2) is 4.98 Å². The highest BCUT2D eigenvalue weighted by molar-refractivity contribution is 5.35. The molecule has 0 saturated carbocycles. The van der Waals surface area contributed by atoms with Gasteiger partial charge in [0.1, 0.15) is 12.4 Å². The number of para-hydroxylation sites is 1. The molecule has 0 spiro atoms. The smallest absolute Gasteiger partial charge is 0.130 e. The number of ether oxygens (including phenoxy) is 1. The van der Waals surface area contributed by atoms with Gasteiger partial charge in [-0.05, 0) is 33.4 Å². The molecule has 0 aliphatic heterocycles. The van der Waals surface area contributed by atoms with Gasteiger partial charge < -0.3 is 14.6 Å².